The number of aliphatic hydroxyl groups excluding tert-OH is 1. The van der Waals surface area contributed by atoms with Crippen LogP contribution < -0.4 is 4.74 Å². The maximum Gasteiger partial charge on any atom is 0.130 e. The molecule has 108 valence electrons. The van der Waals surface area contributed by atoms with Gasteiger partial charge < -0.3 is 9.84 Å². The fourth-order valence-corrected chi connectivity index (χ4v) is 1.67. The predicted molar refractivity (Wildman–Crippen MR) is 75.7 cm³/mol. The Balaban J connectivity index is 1.98. The third-order valence-electron chi connectivity index (χ3n) is 2.73. The van der Waals surface area contributed by atoms with E-state index in [4.69, 9.17) is 9.84 Å². The van der Waals surface area contributed by atoms with E-state index in [-0.39, 0.29) is 18.8 Å². The van der Waals surface area contributed by atoms with Crippen LogP contribution in [0.1, 0.15) is 17.5 Å². The Morgan fingerprint density at radius 1 is 1.05 bits per heavy atom. The van der Waals surface area contributed by atoms with E-state index in [1.165, 1.54) is 0 Å². The molecule has 2 aromatic rings. The van der Waals surface area contributed by atoms with Gasteiger partial charge in [-0.05, 0) is 42.5 Å². The van der Waals surface area contributed by atoms with Gasteiger partial charge in [0.2, 0.25) is 0 Å². The number of hydrogen-bond donors (Lipinski definition) is 1. The van der Waals surface area contributed by atoms with Crippen LogP contribution >= 0.6 is 0 Å². The molecule has 21 heavy (non-hydrogen) atoms. The number of benzene rings is 2. The molecule has 0 atom stereocenters. The highest BCUT2D eigenvalue weighted by atomic mass is 19.1. The van der Waals surface area contributed by atoms with Crippen LogP contribution in [0.15, 0.2) is 42.5 Å². The van der Waals surface area contributed by atoms with Crippen molar-refractivity contribution < 1.29 is 18.6 Å². The molecule has 0 aliphatic rings. The average molecular weight is 288 g/mol. The minimum Gasteiger partial charge on any atom is -0.489 e. The molecule has 4 heteroatoms. The number of rotatable bonds is 4. The van der Waals surface area contributed by atoms with Gasteiger partial charge in [-0.2, -0.15) is 0 Å². The number of ether oxygens (including phenoxy) is 1. The van der Waals surface area contributed by atoms with Gasteiger partial charge >= 0.3 is 0 Å². The maximum absolute atomic E-state index is 13.4. The van der Waals surface area contributed by atoms with Crippen LogP contribution in [0.4, 0.5) is 8.78 Å². The standard InChI is InChI=1S/C17H14F2O2/c18-15-6-9-17(19)14(11-15)12-21-16-7-4-13(5-8-16)3-1-2-10-20/h4-9,11,20H,2,10,12H2. The number of hydrogen-bond acceptors (Lipinski definition) is 2. The second kappa shape index (κ2) is 7.41. The van der Waals surface area contributed by atoms with E-state index in [0.29, 0.717) is 12.2 Å². The Morgan fingerprint density at radius 2 is 1.81 bits per heavy atom. The second-order valence-corrected chi connectivity index (χ2v) is 4.32. The topological polar surface area (TPSA) is 29.5 Å². The van der Waals surface area contributed by atoms with Crippen molar-refractivity contribution in [1.82, 2.24) is 0 Å². The van der Waals surface area contributed by atoms with Crippen LogP contribution in [-0.2, 0) is 6.61 Å². The highest BCUT2D eigenvalue weighted by Crippen LogP contribution is 2.16. The fourth-order valence-electron chi connectivity index (χ4n) is 1.67. The third kappa shape index (κ3) is 4.59. The zero-order valence-electron chi connectivity index (χ0n) is 11.3. The van der Waals surface area contributed by atoms with Crippen LogP contribution in [-0.4, -0.2) is 11.7 Å². The van der Waals surface area contributed by atoms with Gasteiger partial charge in [0.15, 0.2) is 0 Å². The minimum atomic E-state index is -0.497. The normalized spacial score (nSPS) is 9.86. The molecule has 0 aliphatic carbocycles. The van der Waals surface area contributed by atoms with E-state index >= 15 is 0 Å². The van der Waals surface area contributed by atoms with E-state index in [9.17, 15) is 8.78 Å². The molecule has 0 heterocycles. The molecule has 2 nitrogen and oxygen atoms in total. The summed E-state index contributed by atoms with van der Waals surface area (Å²) >= 11 is 0. The summed E-state index contributed by atoms with van der Waals surface area (Å²) < 4.78 is 31.9. The SMILES string of the molecule is OCCC#Cc1ccc(OCc2cc(F)ccc2F)cc1. The molecule has 2 rings (SSSR count). The zero-order chi connectivity index (χ0) is 15.1. The van der Waals surface area contributed by atoms with Crippen molar-refractivity contribution in [2.75, 3.05) is 6.61 Å². The van der Waals surface area contributed by atoms with Gasteiger partial charge in [-0.3, -0.25) is 0 Å². The lowest BCUT2D eigenvalue weighted by Crippen LogP contribution is -1.99. The minimum absolute atomic E-state index is 0.0351. The van der Waals surface area contributed by atoms with Crippen LogP contribution in [0.2, 0.25) is 0 Å². The molecule has 0 bridgehead atoms. The van der Waals surface area contributed by atoms with Gasteiger partial charge in [-0.15, -0.1) is 0 Å². The van der Waals surface area contributed by atoms with Crippen molar-refractivity contribution in [1.29, 1.82) is 0 Å². The van der Waals surface area contributed by atoms with Crippen molar-refractivity contribution in [3.8, 4) is 17.6 Å². The average Bonchev–Trinajstić information content (AvgIpc) is 2.50. The Morgan fingerprint density at radius 3 is 2.52 bits per heavy atom. The Bertz CT molecular complexity index is 655. The lowest BCUT2D eigenvalue weighted by Gasteiger charge is -2.07. The van der Waals surface area contributed by atoms with Crippen LogP contribution in [0, 0.1) is 23.5 Å². The van der Waals surface area contributed by atoms with Crippen molar-refractivity contribution >= 4 is 0 Å². The molecule has 0 aliphatic heterocycles. The lowest BCUT2D eigenvalue weighted by molar-refractivity contribution is 0.299. The summed E-state index contributed by atoms with van der Waals surface area (Å²) in [5.74, 6) is 5.25. The molecule has 0 aromatic heterocycles. The molecule has 0 amide bonds. The first kappa shape index (κ1) is 15.0. The molecule has 0 spiro atoms. The smallest absolute Gasteiger partial charge is 0.130 e. The fraction of sp³-hybridized carbons (Fsp3) is 0.176. The Kier molecular flexibility index (Phi) is 5.30. The monoisotopic (exact) mass is 288 g/mol. The van der Waals surface area contributed by atoms with Gasteiger partial charge in [0.1, 0.15) is 24.0 Å². The van der Waals surface area contributed by atoms with Crippen LogP contribution in [0.3, 0.4) is 0 Å². The maximum atomic E-state index is 13.4. The van der Waals surface area contributed by atoms with Gasteiger partial charge in [-0.1, -0.05) is 11.8 Å². The summed E-state index contributed by atoms with van der Waals surface area (Å²) in [6, 6.07) is 10.2. The summed E-state index contributed by atoms with van der Waals surface area (Å²) in [4.78, 5) is 0. The molecule has 1 N–H and O–H groups in total. The highest BCUT2D eigenvalue weighted by Gasteiger charge is 2.04. The quantitative estimate of drug-likeness (QED) is 0.875. The largest absolute Gasteiger partial charge is 0.489 e. The predicted octanol–water partition coefficient (Wildman–Crippen LogP) is 3.28. The molecule has 0 unspecified atom stereocenters. The van der Waals surface area contributed by atoms with Gasteiger partial charge in [0.25, 0.3) is 0 Å². The highest BCUT2D eigenvalue weighted by molar-refractivity contribution is 5.38. The summed E-state index contributed by atoms with van der Waals surface area (Å²) in [6.07, 6.45) is 0.428. The lowest BCUT2D eigenvalue weighted by atomic mass is 10.2. The molecule has 0 fully saturated rings. The van der Waals surface area contributed by atoms with Crippen molar-refractivity contribution in [2.45, 2.75) is 13.0 Å². The number of aliphatic hydroxyl groups is 1. The first-order chi connectivity index (χ1) is 10.2. The first-order valence-electron chi connectivity index (χ1n) is 6.45. The zero-order valence-corrected chi connectivity index (χ0v) is 11.3. The molecule has 2 aromatic carbocycles. The Hall–Kier alpha value is -2.38. The van der Waals surface area contributed by atoms with Crippen LogP contribution in [0.25, 0.3) is 0 Å². The molecule has 0 radical (unpaired) electrons. The van der Waals surface area contributed by atoms with Gasteiger partial charge in [-0.25, -0.2) is 8.78 Å². The summed E-state index contributed by atoms with van der Waals surface area (Å²) in [6.45, 7) is -0.00742. The summed E-state index contributed by atoms with van der Waals surface area (Å²) in [5, 5.41) is 8.63. The third-order valence-corrected chi connectivity index (χ3v) is 2.73. The summed E-state index contributed by atoms with van der Waals surface area (Å²) in [5.41, 5.74) is 0.967. The van der Waals surface area contributed by atoms with E-state index in [0.717, 1.165) is 23.8 Å². The molecular weight excluding hydrogens is 274 g/mol. The van der Waals surface area contributed by atoms with E-state index in [1.54, 1.807) is 24.3 Å². The van der Waals surface area contributed by atoms with Gasteiger partial charge in [0.05, 0.1) is 6.61 Å². The van der Waals surface area contributed by atoms with Gasteiger partial charge in [0, 0.05) is 17.5 Å². The molecule has 0 saturated carbocycles. The van der Waals surface area contributed by atoms with E-state index < -0.39 is 11.6 Å². The van der Waals surface area contributed by atoms with E-state index in [1.807, 2.05) is 0 Å². The molecule has 0 saturated heterocycles. The first-order valence-corrected chi connectivity index (χ1v) is 6.45. The summed E-state index contributed by atoms with van der Waals surface area (Å²) in [7, 11) is 0. The van der Waals surface area contributed by atoms with Crippen molar-refractivity contribution in [2.24, 2.45) is 0 Å². The van der Waals surface area contributed by atoms with Crippen molar-refractivity contribution in [3.63, 3.8) is 0 Å². The Labute approximate surface area is 122 Å². The second-order valence-electron chi connectivity index (χ2n) is 4.32. The van der Waals surface area contributed by atoms with Crippen molar-refractivity contribution in [3.05, 3.63) is 65.2 Å². The number of halogens is 2. The van der Waals surface area contributed by atoms with E-state index in [2.05, 4.69) is 11.8 Å². The van der Waals surface area contributed by atoms with Crippen LogP contribution in [0.5, 0.6) is 5.75 Å². The molecular formula is C17H14F2O2.